The highest BCUT2D eigenvalue weighted by Crippen LogP contribution is 2.22. The molecule has 1 aromatic carbocycles. The van der Waals surface area contributed by atoms with Gasteiger partial charge in [0.05, 0.1) is 6.04 Å². The topological polar surface area (TPSA) is 23.6 Å². The van der Waals surface area contributed by atoms with E-state index in [0.29, 0.717) is 0 Å². The van der Waals surface area contributed by atoms with Crippen molar-refractivity contribution in [2.75, 3.05) is 20.1 Å². The normalized spacial score (nSPS) is 17.1. The molecule has 1 aliphatic rings. The van der Waals surface area contributed by atoms with Crippen molar-refractivity contribution in [3.05, 3.63) is 34.9 Å². The fraction of sp³-hybridized carbons (Fsp3) is 0.533. The smallest absolute Gasteiger partial charge is 0.320 e. The van der Waals surface area contributed by atoms with Crippen LogP contribution in [-0.2, 0) is 0 Å². The first-order valence-corrected chi connectivity index (χ1v) is 7.24. The van der Waals surface area contributed by atoms with Crippen molar-refractivity contribution in [1.82, 2.24) is 9.80 Å². The minimum absolute atomic E-state index is 0.0618. The number of urea groups is 1. The highest BCUT2D eigenvalue weighted by Gasteiger charge is 2.23. The van der Waals surface area contributed by atoms with Crippen LogP contribution in [0, 0.1) is 0 Å². The summed E-state index contributed by atoms with van der Waals surface area (Å²) in [5.41, 5.74) is 1.11. The van der Waals surface area contributed by atoms with Crippen molar-refractivity contribution >= 4 is 17.6 Å². The van der Waals surface area contributed by atoms with Crippen molar-refractivity contribution in [2.24, 2.45) is 0 Å². The maximum Gasteiger partial charge on any atom is 0.320 e. The van der Waals surface area contributed by atoms with Crippen LogP contribution in [-0.4, -0.2) is 36.0 Å². The van der Waals surface area contributed by atoms with Crippen LogP contribution in [0.25, 0.3) is 0 Å². The third-order valence-electron chi connectivity index (χ3n) is 3.86. The molecular weight excluding hydrogens is 260 g/mol. The zero-order chi connectivity index (χ0) is 13.8. The van der Waals surface area contributed by atoms with Gasteiger partial charge in [0.1, 0.15) is 0 Å². The first-order chi connectivity index (χ1) is 9.09. The van der Waals surface area contributed by atoms with E-state index >= 15 is 0 Å². The molecule has 1 heterocycles. The SMILES string of the molecule is CC(c1ccc(Cl)cc1)N(C)C(=O)N1CCCCC1. The molecule has 1 unspecified atom stereocenters. The molecule has 1 aliphatic heterocycles. The van der Waals surface area contributed by atoms with E-state index in [9.17, 15) is 4.79 Å². The molecule has 2 amide bonds. The monoisotopic (exact) mass is 280 g/mol. The summed E-state index contributed by atoms with van der Waals surface area (Å²) in [5, 5.41) is 0.723. The number of benzene rings is 1. The summed E-state index contributed by atoms with van der Waals surface area (Å²) >= 11 is 5.89. The van der Waals surface area contributed by atoms with Gasteiger partial charge in [0.15, 0.2) is 0 Å². The molecule has 2 rings (SSSR count). The van der Waals surface area contributed by atoms with Gasteiger partial charge in [-0.3, -0.25) is 0 Å². The standard InChI is InChI=1S/C15H21ClN2O/c1-12(13-6-8-14(16)9-7-13)17(2)15(19)18-10-4-3-5-11-18/h6-9,12H,3-5,10-11H2,1-2H3. The molecule has 0 spiro atoms. The Bertz CT molecular complexity index is 426. The third kappa shape index (κ3) is 3.41. The lowest BCUT2D eigenvalue weighted by Crippen LogP contribution is -2.44. The highest BCUT2D eigenvalue weighted by atomic mass is 35.5. The van der Waals surface area contributed by atoms with E-state index in [2.05, 4.69) is 0 Å². The van der Waals surface area contributed by atoms with Crippen LogP contribution in [0.2, 0.25) is 5.02 Å². The van der Waals surface area contributed by atoms with Crippen LogP contribution in [0.1, 0.15) is 37.8 Å². The Balaban J connectivity index is 2.03. The fourth-order valence-corrected chi connectivity index (χ4v) is 2.56. The Morgan fingerprint density at radius 1 is 1.21 bits per heavy atom. The van der Waals surface area contributed by atoms with Crippen LogP contribution in [0.3, 0.4) is 0 Å². The van der Waals surface area contributed by atoms with Gasteiger partial charge in [-0.05, 0) is 43.9 Å². The Labute approximate surface area is 120 Å². The summed E-state index contributed by atoms with van der Waals surface area (Å²) in [6.45, 7) is 3.82. The second kappa shape index (κ2) is 6.29. The van der Waals surface area contributed by atoms with E-state index in [1.165, 1.54) is 6.42 Å². The fourth-order valence-electron chi connectivity index (χ4n) is 2.44. The van der Waals surface area contributed by atoms with Crippen molar-refractivity contribution in [3.63, 3.8) is 0 Å². The molecule has 4 heteroatoms. The van der Waals surface area contributed by atoms with Gasteiger partial charge in [0.2, 0.25) is 0 Å². The van der Waals surface area contributed by atoms with Crippen molar-refractivity contribution in [3.8, 4) is 0 Å². The van der Waals surface area contributed by atoms with Gasteiger partial charge in [-0.2, -0.15) is 0 Å². The van der Waals surface area contributed by atoms with Crippen LogP contribution in [0.5, 0.6) is 0 Å². The molecule has 1 aromatic rings. The van der Waals surface area contributed by atoms with Crippen molar-refractivity contribution in [1.29, 1.82) is 0 Å². The summed E-state index contributed by atoms with van der Waals surface area (Å²) in [5.74, 6) is 0. The quantitative estimate of drug-likeness (QED) is 0.805. The second-order valence-corrected chi connectivity index (χ2v) is 5.61. The van der Waals surface area contributed by atoms with Crippen molar-refractivity contribution in [2.45, 2.75) is 32.2 Å². The Kier molecular flexibility index (Phi) is 4.70. The van der Waals surface area contributed by atoms with E-state index in [-0.39, 0.29) is 12.1 Å². The number of hydrogen-bond donors (Lipinski definition) is 0. The molecule has 0 radical (unpaired) electrons. The first kappa shape index (κ1) is 14.2. The number of carbonyl (C=O) groups excluding carboxylic acids is 1. The van der Waals surface area contributed by atoms with Gasteiger partial charge >= 0.3 is 6.03 Å². The number of likely N-dealkylation sites (tertiary alicyclic amines) is 1. The number of amides is 2. The average Bonchev–Trinajstić information content (AvgIpc) is 2.46. The Morgan fingerprint density at radius 3 is 2.37 bits per heavy atom. The minimum Gasteiger partial charge on any atom is -0.325 e. The summed E-state index contributed by atoms with van der Waals surface area (Å²) in [7, 11) is 1.87. The number of carbonyl (C=O) groups is 1. The Morgan fingerprint density at radius 2 is 1.79 bits per heavy atom. The summed E-state index contributed by atoms with van der Waals surface area (Å²) in [6, 6.07) is 7.88. The molecular formula is C15H21ClN2O. The third-order valence-corrected chi connectivity index (χ3v) is 4.11. The number of piperidine rings is 1. The van der Waals surface area contributed by atoms with Gasteiger partial charge in [-0.15, -0.1) is 0 Å². The molecule has 1 atom stereocenters. The molecule has 0 aliphatic carbocycles. The van der Waals surface area contributed by atoms with E-state index in [0.717, 1.165) is 36.5 Å². The molecule has 0 aromatic heterocycles. The van der Waals surface area contributed by atoms with Gasteiger partial charge in [-0.25, -0.2) is 4.79 Å². The van der Waals surface area contributed by atoms with E-state index in [1.54, 1.807) is 0 Å². The predicted molar refractivity (Wildman–Crippen MR) is 78.5 cm³/mol. The number of rotatable bonds is 2. The molecule has 0 saturated carbocycles. The van der Waals surface area contributed by atoms with Crippen LogP contribution >= 0.6 is 11.6 Å². The van der Waals surface area contributed by atoms with Crippen LogP contribution in [0.4, 0.5) is 4.79 Å². The Hall–Kier alpha value is -1.22. The van der Waals surface area contributed by atoms with Crippen LogP contribution < -0.4 is 0 Å². The van der Waals surface area contributed by atoms with E-state index in [4.69, 9.17) is 11.6 Å². The molecule has 0 bridgehead atoms. The van der Waals surface area contributed by atoms with Gasteiger partial charge in [-0.1, -0.05) is 23.7 Å². The lowest BCUT2D eigenvalue weighted by atomic mass is 10.1. The molecule has 1 saturated heterocycles. The maximum absolute atomic E-state index is 12.4. The molecule has 3 nitrogen and oxygen atoms in total. The predicted octanol–water partition coefficient (Wildman–Crippen LogP) is 3.94. The maximum atomic E-state index is 12.4. The summed E-state index contributed by atoms with van der Waals surface area (Å²) in [6.07, 6.45) is 3.48. The lowest BCUT2D eigenvalue weighted by Gasteiger charge is -2.34. The lowest BCUT2D eigenvalue weighted by molar-refractivity contribution is 0.140. The molecule has 19 heavy (non-hydrogen) atoms. The van der Waals surface area contributed by atoms with Gasteiger partial charge in [0.25, 0.3) is 0 Å². The van der Waals surface area contributed by atoms with Crippen molar-refractivity contribution < 1.29 is 4.79 Å². The number of halogens is 1. The highest BCUT2D eigenvalue weighted by molar-refractivity contribution is 6.30. The zero-order valence-corrected chi connectivity index (χ0v) is 12.4. The largest absolute Gasteiger partial charge is 0.325 e. The average molecular weight is 281 g/mol. The molecule has 0 N–H and O–H groups in total. The summed E-state index contributed by atoms with van der Waals surface area (Å²) < 4.78 is 0. The molecule has 104 valence electrons. The summed E-state index contributed by atoms with van der Waals surface area (Å²) in [4.78, 5) is 16.2. The second-order valence-electron chi connectivity index (χ2n) is 5.17. The van der Waals surface area contributed by atoms with Gasteiger partial charge < -0.3 is 9.80 Å². The first-order valence-electron chi connectivity index (χ1n) is 6.87. The van der Waals surface area contributed by atoms with E-state index < -0.39 is 0 Å². The van der Waals surface area contributed by atoms with Gasteiger partial charge in [0, 0.05) is 25.2 Å². The number of hydrogen-bond acceptors (Lipinski definition) is 1. The van der Waals surface area contributed by atoms with Crippen LogP contribution in [0.15, 0.2) is 24.3 Å². The molecule has 1 fully saturated rings. The zero-order valence-electron chi connectivity index (χ0n) is 11.6. The number of nitrogens with zero attached hydrogens (tertiary/aromatic N) is 2. The minimum atomic E-state index is 0.0618. The van der Waals surface area contributed by atoms with E-state index in [1.807, 2.05) is 48.0 Å².